The maximum Gasteiger partial charge on any atom is 0.318 e. The molecule has 3 amide bonds. The molecule has 0 unspecified atom stereocenters. The fraction of sp³-hybridized carbons (Fsp3) is 0.263. The Hall–Kier alpha value is -2.70. The van der Waals surface area contributed by atoms with Gasteiger partial charge >= 0.3 is 6.03 Å². The van der Waals surface area contributed by atoms with Crippen molar-refractivity contribution in [2.45, 2.75) is 12.1 Å². The first-order chi connectivity index (χ1) is 12.1. The highest BCUT2D eigenvalue weighted by atomic mass is 16.5. The first-order valence-corrected chi connectivity index (χ1v) is 8.21. The summed E-state index contributed by atoms with van der Waals surface area (Å²) in [6.07, 6.45) is -0.123. The van der Waals surface area contributed by atoms with Crippen molar-refractivity contribution in [1.29, 1.82) is 0 Å². The lowest BCUT2D eigenvalue weighted by Gasteiger charge is -2.37. The molecular formula is C19H21N3O3. The molecule has 6 nitrogen and oxygen atoms in total. The second-order valence-corrected chi connectivity index (χ2v) is 5.93. The number of carbonyl (C=O) groups is 2. The van der Waals surface area contributed by atoms with Gasteiger partial charge in [0, 0.05) is 13.1 Å². The highest BCUT2D eigenvalue weighted by molar-refractivity contribution is 5.96. The number of primary amides is 1. The molecule has 0 saturated carbocycles. The molecule has 0 spiro atoms. The Morgan fingerprint density at radius 3 is 2.36 bits per heavy atom. The van der Waals surface area contributed by atoms with E-state index in [1.165, 1.54) is 0 Å². The Morgan fingerprint density at radius 2 is 1.72 bits per heavy atom. The van der Waals surface area contributed by atoms with Crippen LogP contribution in [-0.2, 0) is 9.53 Å². The number of carbonyl (C=O) groups excluding carboxylic acids is 2. The number of nitrogens with two attached hydrogens (primary N) is 1. The van der Waals surface area contributed by atoms with Gasteiger partial charge in [0.1, 0.15) is 6.04 Å². The van der Waals surface area contributed by atoms with E-state index in [9.17, 15) is 9.59 Å². The number of hydrogen-bond acceptors (Lipinski definition) is 4. The number of hydrogen-bond donors (Lipinski definition) is 2. The molecule has 25 heavy (non-hydrogen) atoms. The number of benzene rings is 2. The van der Waals surface area contributed by atoms with Gasteiger partial charge in [-0.05, 0) is 11.1 Å². The van der Waals surface area contributed by atoms with Gasteiger partial charge in [-0.15, -0.1) is 0 Å². The average molecular weight is 339 g/mol. The van der Waals surface area contributed by atoms with Gasteiger partial charge in [-0.1, -0.05) is 60.7 Å². The lowest BCUT2D eigenvalue weighted by atomic mass is 10.0. The number of amides is 3. The summed E-state index contributed by atoms with van der Waals surface area (Å²) >= 11 is 0. The Bertz CT molecular complexity index is 721. The second kappa shape index (κ2) is 7.92. The van der Waals surface area contributed by atoms with Gasteiger partial charge in [-0.2, -0.15) is 0 Å². The van der Waals surface area contributed by atoms with E-state index in [4.69, 9.17) is 10.5 Å². The van der Waals surface area contributed by atoms with Gasteiger partial charge in [-0.25, -0.2) is 4.79 Å². The molecular weight excluding hydrogens is 318 g/mol. The fourth-order valence-corrected chi connectivity index (χ4v) is 3.13. The summed E-state index contributed by atoms with van der Waals surface area (Å²) in [7, 11) is 0. The molecule has 2 aromatic rings. The van der Waals surface area contributed by atoms with Crippen LogP contribution in [0.15, 0.2) is 60.7 Å². The molecule has 1 aliphatic rings. The Balaban J connectivity index is 1.85. The molecule has 0 aromatic heterocycles. The molecule has 1 aliphatic heterocycles. The predicted molar refractivity (Wildman–Crippen MR) is 93.6 cm³/mol. The van der Waals surface area contributed by atoms with E-state index in [-0.39, 0.29) is 6.10 Å². The number of imide groups is 1. The third kappa shape index (κ3) is 4.23. The number of rotatable bonds is 4. The molecule has 130 valence electrons. The lowest BCUT2D eigenvalue weighted by Crippen LogP contribution is -2.48. The van der Waals surface area contributed by atoms with Crippen molar-refractivity contribution in [3.8, 4) is 0 Å². The minimum absolute atomic E-state index is 0.123. The van der Waals surface area contributed by atoms with Crippen LogP contribution in [-0.4, -0.2) is 36.5 Å². The summed E-state index contributed by atoms with van der Waals surface area (Å²) in [5, 5.41) is 2.21. The number of nitrogens with zero attached hydrogens (tertiary/aromatic N) is 1. The number of ether oxygens (including phenoxy) is 1. The number of morpholine rings is 1. The maximum atomic E-state index is 12.6. The maximum absolute atomic E-state index is 12.6. The van der Waals surface area contributed by atoms with E-state index in [1.54, 1.807) is 0 Å². The zero-order valence-corrected chi connectivity index (χ0v) is 13.8. The van der Waals surface area contributed by atoms with Crippen molar-refractivity contribution < 1.29 is 14.3 Å². The van der Waals surface area contributed by atoms with Crippen LogP contribution in [0, 0.1) is 0 Å². The monoisotopic (exact) mass is 339 g/mol. The fourth-order valence-electron chi connectivity index (χ4n) is 3.13. The molecule has 1 heterocycles. The standard InChI is InChI=1S/C19H21N3O3/c20-19(24)21-18(23)17(15-9-5-2-6-10-15)22-11-12-25-16(13-22)14-7-3-1-4-8-14/h1-10,16-17H,11-13H2,(H3,20,21,23,24)/t16-,17-/m0/s1. The summed E-state index contributed by atoms with van der Waals surface area (Å²) in [6, 6.07) is 17.8. The molecule has 3 rings (SSSR count). The van der Waals surface area contributed by atoms with Crippen LogP contribution in [0.2, 0.25) is 0 Å². The van der Waals surface area contributed by atoms with E-state index in [0.717, 1.165) is 11.1 Å². The topological polar surface area (TPSA) is 84.7 Å². The van der Waals surface area contributed by atoms with Crippen molar-refractivity contribution in [3.05, 3.63) is 71.8 Å². The zero-order chi connectivity index (χ0) is 17.6. The molecule has 0 aliphatic carbocycles. The highest BCUT2D eigenvalue weighted by Crippen LogP contribution is 2.29. The average Bonchev–Trinajstić information content (AvgIpc) is 2.63. The predicted octanol–water partition coefficient (Wildman–Crippen LogP) is 2.00. The van der Waals surface area contributed by atoms with E-state index in [1.807, 2.05) is 65.6 Å². The van der Waals surface area contributed by atoms with Crippen LogP contribution >= 0.6 is 0 Å². The first-order valence-electron chi connectivity index (χ1n) is 8.21. The van der Waals surface area contributed by atoms with Gasteiger partial charge < -0.3 is 10.5 Å². The molecule has 1 saturated heterocycles. The molecule has 6 heteroatoms. The van der Waals surface area contributed by atoms with Crippen molar-refractivity contribution >= 4 is 11.9 Å². The van der Waals surface area contributed by atoms with Crippen LogP contribution < -0.4 is 11.1 Å². The Kier molecular flexibility index (Phi) is 5.42. The van der Waals surface area contributed by atoms with Gasteiger partial charge in [0.2, 0.25) is 5.91 Å². The molecule has 2 aromatic carbocycles. The summed E-state index contributed by atoms with van der Waals surface area (Å²) in [6.45, 7) is 1.65. The highest BCUT2D eigenvalue weighted by Gasteiger charge is 2.33. The second-order valence-electron chi connectivity index (χ2n) is 5.93. The summed E-state index contributed by atoms with van der Waals surface area (Å²) < 4.78 is 5.88. The Labute approximate surface area is 146 Å². The molecule has 2 atom stereocenters. The van der Waals surface area contributed by atoms with Gasteiger partial charge in [0.15, 0.2) is 0 Å². The first kappa shape index (κ1) is 17.1. The van der Waals surface area contributed by atoms with E-state index in [2.05, 4.69) is 5.32 Å². The molecule has 0 bridgehead atoms. The van der Waals surface area contributed by atoms with Gasteiger partial charge in [-0.3, -0.25) is 15.0 Å². The van der Waals surface area contributed by atoms with Crippen LogP contribution in [0.4, 0.5) is 4.79 Å². The summed E-state index contributed by atoms with van der Waals surface area (Å²) in [5.41, 5.74) is 7.02. The number of nitrogens with one attached hydrogen (secondary N) is 1. The van der Waals surface area contributed by atoms with Crippen molar-refractivity contribution in [2.24, 2.45) is 5.73 Å². The largest absolute Gasteiger partial charge is 0.371 e. The van der Waals surface area contributed by atoms with Crippen LogP contribution in [0.5, 0.6) is 0 Å². The Morgan fingerprint density at radius 1 is 1.08 bits per heavy atom. The van der Waals surface area contributed by atoms with Crippen molar-refractivity contribution in [1.82, 2.24) is 10.2 Å². The minimum atomic E-state index is -0.848. The molecule has 0 radical (unpaired) electrons. The van der Waals surface area contributed by atoms with Gasteiger partial charge in [0.05, 0.1) is 12.7 Å². The zero-order valence-electron chi connectivity index (χ0n) is 13.8. The van der Waals surface area contributed by atoms with Crippen molar-refractivity contribution in [3.63, 3.8) is 0 Å². The van der Waals surface area contributed by atoms with E-state index >= 15 is 0 Å². The quantitative estimate of drug-likeness (QED) is 0.892. The van der Waals surface area contributed by atoms with Gasteiger partial charge in [0.25, 0.3) is 0 Å². The van der Waals surface area contributed by atoms with Crippen LogP contribution in [0.3, 0.4) is 0 Å². The van der Waals surface area contributed by atoms with E-state index in [0.29, 0.717) is 19.7 Å². The smallest absolute Gasteiger partial charge is 0.318 e. The third-order valence-corrected chi connectivity index (χ3v) is 4.24. The SMILES string of the molecule is NC(=O)NC(=O)[C@H](c1ccccc1)N1CCO[C@H](c2ccccc2)C1. The molecule has 1 fully saturated rings. The van der Waals surface area contributed by atoms with Crippen molar-refractivity contribution in [2.75, 3.05) is 19.7 Å². The van der Waals surface area contributed by atoms with E-state index < -0.39 is 18.0 Å². The summed E-state index contributed by atoms with van der Waals surface area (Å²) in [4.78, 5) is 25.8. The summed E-state index contributed by atoms with van der Waals surface area (Å²) in [5.74, 6) is -0.424. The number of urea groups is 1. The van der Waals surface area contributed by atoms with Crippen LogP contribution in [0.25, 0.3) is 0 Å². The lowest BCUT2D eigenvalue weighted by molar-refractivity contribution is -0.129. The van der Waals surface area contributed by atoms with Crippen LogP contribution in [0.1, 0.15) is 23.3 Å². The normalized spacial score (nSPS) is 19.1. The molecule has 3 N–H and O–H groups in total. The minimum Gasteiger partial charge on any atom is -0.371 e. The third-order valence-electron chi connectivity index (χ3n) is 4.24.